The molecule has 0 aromatic heterocycles. The first-order valence-electron chi connectivity index (χ1n) is 6.91. The topological polar surface area (TPSA) is 49.5 Å². The van der Waals surface area contributed by atoms with E-state index >= 15 is 0 Å². The highest BCUT2D eigenvalue weighted by Gasteiger charge is 2.26. The molecule has 3 nitrogen and oxygen atoms in total. The summed E-state index contributed by atoms with van der Waals surface area (Å²) in [6, 6.07) is 6.30. The Kier molecular flexibility index (Phi) is 4.54. The lowest BCUT2D eigenvalue weighted by Gasteiger charge is -2.27. The summed E-state index contributed by atoms with van der Waals surface area (Å²) in [5.41, 5.74) is 7.92. The maximum absolute atomic E-state index is 10.2. The number of hydrogen-bond donors (Lipinski definition) is 2. The smallest absolute Gasteiger partial charge is 0.0637 e. The SMILES string of the molecule is CC(N)c1cc(Br)ccc1N1CCCC(C)(O)CC1. The molecule has 0 aliphatic carbocycles. The van der Waals surface area contributed by atoms with Gasteiger partial charge < -0.3 is 15.7 Å². The second-order valence-electron chi connectivity index (χ2n) is 5.83. The fourth-order valence-electron chi connectivity index (χ4n) is 2.68. The van der Waals surface area contributed by atoms with Crippen molar-refractivity contribution in [3.8, 4) is 0 Å². The lowest BCUT2D eigenvalue weighted by molar-refractivity contribution is 0.0481. The van der Waals surface area contributed by atoms with Crippen molar-refractivity contribution in [2.45, 2.75) is 44.8 Å². The van der Waals surface area contributed by atoms with Crippen molar-refractivity contribution in [1.29, 1.82) is 0 Å². The number of hydrogen-bond acceptors (Lipinski definition) is 3. The van der Waals surface area contributed by atoms with E-state index in [4.69, 9.17) is 5.73 Å². The maximum atomic E-state index is 10.2. The predicted octanol–water partition coefficient (Wildman–Crippen LogP) is 3.21. The Bertz CT molecular complexity index is 446. The minimum Gasteiger partial charge on any atom is -0.390 e. The molecule has 2 rings (SSSR count). The van der Waals surface area contributed by atoms with Crippen molar-refractivity contribution in [2.24, 2.45) is 5.73 Å². The van der Waals surface area contributed by atoms with Gasteiger partial charge in [0.15, 0.2) is 0 Å². The normalized spacial score (nSPS) is 26.1. The molecule has 0 radical (unpaired) electrons. The molecule has 1 aliphatic heterocycles. The van der Waals surface area contributed by atoms with Crippen molar-refractivity contribution in [3.05, 3.63) is 28.2 Å². The number of anilines is 1. The number of benzene rings is 1. The quantitative estimate of drug-likeness (QED) is 0.877. The van der Waals surface area contributed by atoms with Crippen molar-refractivity contribution < 1.29 is 5.11 Å². The minimum atomic E-state index is -0.529. The summed E-state index contributed by atoms with van der Waals surface area (Å²) >= 11 is 3.51. The van der Waals surface area contributed by atoms with Gasteiger partial charge in [-0.25, -0.2) is 0 Å². The Morgan fingerprint density at radius 3 is 2.79 bits per heavy atom. The van der Waals surface area contributed by atoms with Gasteiger partial charge in [0.05, 0.1) is 5.60 Å². The summed E-state index contributed by atoms with van der Waals surface area (Å²) in [6.07, 6.45) is 2.69. The van der Waals surface area contributed by atoms with Crippen LogP contribution in [0.4, 0.5) is 5.69 Å². The molecule has 1 heterocycles. The van der Waals surface area contributed by atoms with Crippen LogP contribution in [0.15, 0.2) is 22.7 Å². The van der Waals surface area contributed by atoms with E-state index in [1.54, 1.807) is 0 Å². The Morgan fingerprint density at radius 1 is 1.37 bits per heavy atom. The van der Waals surface area contributed by atoms with E-state index in [9.17, 15) is 5.11 Å². The highest BCUT2D eigenvalue weighted by Crippen LogP contribution is 2.31. The molecular weight excluding hydrogens is 304 g/mol. The molecular formula is C15H23BrN2O. The van der Waals surface area contributed by atoms with E-state index in [1.807, 2.05) is 13.8 Å². The van der Waals surface area contributed by atoms with Gasteiger partial charge in [-0.05, 0) is 56.9 Å². The molecule has 4 heteroatoms. The lowest BCUT2D eigenvalue weighted by atomic mass is 9.98. The fraction of sp³-hybridized carbons (Fsp3) is 0.600. The second-order valence-corrected chi connectivity index (χ2v) is 6.75. The van der Waals surface area contributed by atoms with Gasteiger partial charge >= 0.3 is 0 Å². The molecule has 2 atom stereocenters. The third-order valence-electron chi connectivity index (χ3n) is 3.88. The van der Waals surface area contributed by atoms with Gasteiger partial charge in [-0.15, -0.1) is 0 Å². The van der Waals surface area contributed by atoms with Crippen LogP contribution in [0.3, 0.4) is 0 Å². The Balaban J connectivity index is 2.26. The van der Waals surface area contributed by atoms with Crippen molar-refractivity contribution in [2.75, 3.05) is 18.0 Å². The third kappa shape index (κ3) is 3.71. The summed E-state index contributed by atoms with van der Waals surface area (Å²) in [5, 5.41) is 10.2. The molecule has 1 saturated heterocycles. The molecule has 1 aromatic rings. The summed E-state index contributed by atoms with van der Waals surface area (Å²) in [5.74, 6) is 0. The Labute approximate surface area is 123 Å². The Morgan fingerprint density at radius 2 is 2.11 bits per heavy atom. The molecule has 19 heavy (non-hydrogen) atoms. The van der Waals surface area contributed by atoms with E-state index in [1.165, 1.54) is 5.69 Å². The first-order valence-corrected chi connectivity index (χ1v) is 7.71. The first kappa shape index (κ1) is 14.8. The number of nitrogens with zero attached hydrogens (tertiary/aromatic N) is 1. The number of halogens is 1. The first-order chi connectivity index (χ1) is 8.89. The predicted molar refractivity (Wildman–Crippen MR) is 83.4 cm³/mol. The molecule has 1 aromatic carbocycles. The monoisotopic (exact) mass is 326 g/mol. The zero-order valence-corrected chi connectivity index (χ0v) is 13.3. The molecule has 0 amide bonds. The van der Waals surface area contributed by atoms with Crippen LogP contribution >= 0.6 is 15.9 Å². The molecule has 1 fully saturated rings. The second kappa shape index (κ2) is 5.81. The van der Waals surface area contributed by atoms with Crippen LogP contribution in [0, 0.1) is 0 Å². The molecule has 106 valence electrons. The number of aliphatic hydroxyl groups is 1. The molecule has 1 aliphatic rings. The van der Waals surface area contributed by atoms with E-state index in [0.717, 1.165) is 42.4 Å². The van der Waals surface area contributed by atoms with Crippen LogP contribution in [0.5, 0.6) is 0 Å². The largest absolute Gasteiger partial charge is 0.390 e. The average molecular weight is 327 g/mol. The zero-order chi connectivity index (χ0) is 14.0. The van der Waals surface area contributed by atoms with Gasteiger partial charge in [0.1, 0.15) is 0 Å². The lowest BCUT2D eigenvalue weighted by Crippen LogP contribution is -2.29. The molecule has 2 unspecified atom stereocenters. The summed E-state index contributed by atoms with van der Waals surface area (Å²) in [7, 11) is 0. The van der Waals surface area contributed by atoms with Crippen LogP contribution in [0.1, 0.15) is 44.7 Å². The molecule has 0 saturated carbocycles. The maximum Gasteiger partial charge on any atom is 0.0637 e. The molecule has 0 spiro atoms. The average Bonchev–Trinajstić information content (AvgIpc) is 2.50. The van der Waals surface area contributed by atoms with Crippen LogP contribution in [0.25, 0.3) is 0 Å². The van der Waals surface area contributed by atoms with E-state index in [2.05, 4.69) is 39.0 Å². The van der Waals surface area contributed by atoms with Crippen molar-refractivity contribution >= 4 is 21.6 Å². The summed E-state index contributed by atoms with van der Waals surface area (Å²) in [4.78, 5) is 2.35. The van der Waals surface area contributed by atoms with E-state index < -0.39 is 5.60 Å². The van der Waals surface area contributed by atoms with Gasteiger partial charge in [-0.3, -0.25) is 0 Å². The van der Waals surface area contributed by atoms with Gasteiger partial charge in [0, 0.05) is 29.3 Å². The van der Waals surface area contributed by atoms with Gasteiger partial charge in [0.2, 0.25) is 0 Å². The molecule has 3 N–H and O–H groups in total. The van der Waals surface area contributed by atoms with Crippen LogP contribution in [0.2, 0.25) is 0 Å². The van der Waals surface area contributed by atoms with Crippen molar-refractivity contribution in [1.82, 2.24) is 0 Å². The van der Waals surface area contributed by atoms with Crippen molar-refractivity contribution in [3.63, 3.8) is 0 Å². The standard InChI is InChI=1S/C15H23BrN2O/c1-11(17)13-10-12(16)4-5-14(13)18-8-3-6-15(2,19)7-9-18/h4-5,10-11,19H,3,6-9,17H2,1-2H3. The highest BCUT2D eigenvalue weighted by molar-refractivity contribution is 9.10. The van der Waals surface area contributed by atoms with Gasteiger partial charge in [-0.1, -0.05) is 15.9 Å². The zero-order valence-electron chi connectivity index (χ0n) is 11.7. The number of rotatable bonds is 2. The fourth-order valence-corrected chi connectivity index (χ4v) is 3.06. The summed E-state index contributed by atoms with van der Waals surface area (Å²) < 4.78 is 1.06. The van der Waals surface area contributed by atoms with E-state index in [0.29, 0.717) is 0 Å². The van der Waals surface area contributed by atoms with Crippen LogP contribution in [-0.4, -0.2) is 23.8 Å². The third-order valence-corrected chi connectivity index (χ3v) is 4.38. The highest BCUT2D eigenvalue weighted by atomic mass is 79.9. The summed E-state index contributed by atoms with van der Waals surface area (Å²) in [6.45, 7) is 5.82. The Hall–Kier alpha value is -0.580. The van der Waals surface area contributed by atoms with Crippen LogP contribution < -0.4 is 10.6 Å². The molecule has 0 bridgehead atoms. The van der Waals surface area contributed by atoms with Gasteiger partial charge in [0.25, 0.3) is 0 Å². The van der Waals surface area contributed by atoms with Gasteiger partial charge in [-0.2, -0.15) is 0 Å². The number of nitrogens with two attached hydrogens (primary N) is 1. The van der Waals surface area contributed by atoms with E-state index in [-0.39, 0.29) is 6.04 Å². The minimum absolute atomic E-state index is 0.0104. The van der Waals surface area contributed by atoms with Crippen LogP contribution in [-0.2, 0) is 0 Å².